The molecule has 0 radical (unpaired) electrons. The highest BCUT2D eigenvalue weighted by Gasteiger charge is 2.25. The number of aryl methyl sites for hydroxylation is 2. The van der Waals surface area contributed by atoms with Crippen LogP contribution in [0.2, 0.25) is 0 Å². The monoisotopic (exact) mass is 291 g/mol. The van der Waals surface area contributed by atoms with E-state index in [9.17, 15) is 0 Å². The molecule has 0 aromatic carbocycles. The van der Waals surface area contributed by atoms with E-state index in [-0.39, 0.29) is 0 Å². The van der Waals surface area contributed by atoms with E-state index in [1.807, 2.05) is 0 Å². The summed E-state index contributed by atoms with van der Waals surface area (Å²) in [6.45, 7) is 14.3. The summed E-state index contributed by atoms with van der Waals surface area (Å²) >= 11 is 0. The second kappa shape index (κ2) is 7.23. The lowest BCUT2D eigenvalue weighted by atomic mass is 10.1. The van der Waals surface area contributed by atoms with Crippen molar-refractivity contribution in [3.8, 4) is 0 Å². The molecular weight excluding hydrogens is 262 g/mol. The third-order valence-electron chi connectivity index (χ3n) is 4.11. The molecule has 2 heterocycles. The highest BCUT2D eigenvalue weighted by atomic mass is 16.5. The van der Waals surface area contributed by atoms with Gasteiger partial charge in [-0.1, -0.05) is 20.8 Å². The van der Waals surface area contributed by atoms with Crippen LogP contribution >= 0.6 is 0 Å². The van der Waals surface area contributed by atoms with Crippen molar-refractivity contribution < 1.29 is 4.74 Å². The Bertz CT molecular complexity index is 473. The number of nitrogens with zero attached hydrogens (tertiary/aromatic N) is 2. The Labute approximate surface area is 128 Å². The van der Waals surface area contributed by atoms with Gasteiger partial charge in [0.2, 0.25) is 0 Å². The van der Waals surface area contributed by atoms with Crippen LogP contribution in [0.1, 0.15) is 44.0 Å². The van der Waals surface area contributed by atoms with Crippen molar-refractivity contribution >= 4 is 5.82 Å². The predicted octanol–water partition coefficient (Wildman–Crippen LogP) is 2.81. The van der Waals surface area contributed by atoms with Gasteiger partial charge in [0.25, 0.3) is 0 Å². The Hall–Kier alpha value is -1.13. The van der Waals surface area contributed by atoms with Crippen molar-refractivity contribution in [2.75, 3.05) is 24.7 Å². The van der Waals surface area contributed by atoms with Gasteiger partial charge in [-0.3, -0.25) is 0 Å². The first-order valence-corrected chi connectivity index (χ1v) is 8.07. The first kappa shape index (κ1) is 16.2. The molecule has 2 rings (SSSR count). The third-order valence-corrected chi connectivity index (χ3v) is 4.11. The highest BCUT2D eigenvalue weighted by Crippen LogP contribution is 2.26. The van der Waals surface area contributed by atoms with Gasteiger partial charge in [0.1, 0.15) is 5.82 Å². The van der Waals surface area contributed by atoms with E-state index < -0.39 is 0 Å². The summed E-state index contributed by atoms with van der Waals surface area (Å²) in [6, 6.07) is 3.10. The molecule has 0 aliphatic carbocycles. The number of ether oxygens (including phenoxy) is 1. The smallest absolute Gasteiger partial charge is 0.134 e. The van der Waals surface area contributed by atoms with Gasteiger partial charge >= 0.3 is 0 Å². The van der Waals surface area contributed by atoms with Crippen LogP contribution in [0.15, 0.2) is 6.07 Å². The van der Waals surface area contributed by atoms with Crippen molar-refractivity contribution in [2.45, 2.75) is 59.7 Å². The SMILES string of the molecule is CCC1COCCN1c1nc(C)cc(C)c1CNC(C)C. The second-order valence-electron chi connectivity index (χ2n) is 6.25. The zero-order valence-corrected chi connectivity index (χ0v) is 14.1. The largest absolute Gasteiger partial charge is 0.377 e. The van der Waals surface area contributed by atoms with Crippen molar-refractivity contribution in [3.63, 3.8) is 0 Å². The van der Waals surface area contributed by atoms with Crippen molar-refractivity contribution in [1.82, 2.24) is 10.3 Å². The fraction of sp³-hybridized carbons (Fsp3) is 0.706. The minimum atomic E-state index is 0.435. The molecule has 0 bridgehead atoms. The molecule has 1 atom stereocenters. The molecule has 1 aliphatic rings. The molecule has 0 amide bonds. The predicted molar refractivity (Wildman–Crippen MR) is 87.9 cm³/mol. The van der Waals surface area contributed by atoms with Crippen LogP contribution in [0, 0.1) is 13.8 Å². The van der Waals surface area contributed by atoms with Gasteiger partial charge in [0, 0.05) is 30.4 Å². The Morgan fingerprint density at radius 1 is 1.43 bits per heavy atom. The summed E-state index contributed by atoms with van der Waals surface area (Å²) in [5.41, 5.74) is 3.75. The van der Waals surface area contributed by atoms with Crippen LogP contribution in [-0.4, -0.2) is 36.8 Å². The quantitative estimate of drug-likeness (QED) is 0.905. The summed E-state index contributed by atoms with van der Waals surface area (Å²) in [5.74, 6) is 1.15. The standard InChI is InChI=1S/C17H29N3O/c1-6-15-11-21-8-7-20(15)17-16(10-18-12(2)3)13(4)9-14(5)19-17/h9,12,15,18H,6-8,10-11H2,1-5H3. The van der Waals surface area contributed by atoms with E-state index in [4.69, 9.17) is 9.72 Å². The summed E-state index contributed by atoms with van der Waals surface area (Å²) in [5, 5.41) is 3.54. The van der Waals surface area contributed by atoms with Gasteiger partial charge in [0.05, 0.1) is 19.3 Å². The first-order chi connectivity index (χ1) is 10.0. The van der Waals surface area contributed by atoms with Gasteiger partial charge < -0.3 is 15.0 Å². The molecule has 1 aromatic heterocycles. The number of rotatable bonds is 5. The van der Waals surface area contributed by atoms with E-state index >= 15 is 0 Å². The zero-order valence-electron chi connectivity index (χ0n) is 14.1. The Morgan fingerprint density at radius 2 is 2.19 bits per heavy atom. The van der Waals surface area contributed by atoms with Crippen LogP contribution in [0.25, 0.3) is 0 Å². The van der Waals surface area contributed by atoms with E-state index in [1.54, 1.807) is 0 Å². The fourth-order valence-corrected chi connectivity index (χ4v) is 2.88. The Balaban J connectivity index is 2.35. The second-order valence-corrected chi connectivity index (χ2v) is 6.25. The molecule has 0 saturated carbocycles. The molecule has 4 heteroatoms. The van der Waals surface area contributed by atoms with E-state index in [0.29, 0.717) is 12.1 Å². The van der Waals surface area contributed by atoms with Gasteiger partial charge in [-0.25, -0.2) is 4.98 Å². The summed E-state index contributed by atoms with van der Waals surface area (Å²) in [4.78, 5) is 7.31. The molecule has 118 valence electrons. The highest BCUT2D eigenvalue weighted by molar-refractivity contribution is 5.52. The first-order valence-electron chi connectivity index (χ1n) is 8.07. The van der Waals surface area contributed by atoms with Gasteiger partial charge in [-0.2, -0.15) is 0 Å². The topological polar surface area (TPSA) is 37.4 Å². The Morgan fingerprint density at radius 3 is 2.86 bits per heavy atom. The fourth-order valence-electron chi connectivity index (χ4n) is 2.88. The van der Waals surface area contributed by atoms with Crippen LogP contribution in [0.3, 0.4) is 0 Å². The van der Waals surface area contributed by atoms with Gasteiger partial charge in [-0.15, -0.1) is 0 Å². The van der Waals surface area contributed by atoms with Crippen LogP contribution in [0.4, 0.5) is 5.82 Å². The number of nitrogens with one attached hydrogen (secondary N) is 1. The zero-order chi connectivity index (χ0) is 15.4. The maximum Gasteiger partial charge on any atom is 0.134 e. The molecule has 1 saturated heterocycles. The lowest BCUT2D eigenvalue weighted by Gasteiger charge is -2.37. The Kier molecular flexibility index (Phi) is 5.59. The molecule has 1 aliphatic heterocycles. The molecule has 0 spiro atoms. The molecule has 21 heavy (non-hydrogen) atoms. The molecule has 1 fully saturated rings. The molecule has 1 N–H and O–H groups in total. The van der Waals surface area contributed by atoms with Crippen LogP contribution in [0.5, 0.6) is 0 Å². The average Bonchev–Trinajstić information content (AvgIpc) is 2.45. The average molecular weight is 291 g/mol. The van der Waals surface area contributed by atoms with E-state index in [1.165, 1.54) is 11.1 Å². The lowest BCUT2D eigenvalue weighted by Crippen LogP contribution is -2.46. The van der Waals surface area contributed by atoms with Crippen molar-refractivity contribution in [2.24, 2.45) is 0 Å². The third kappa shape index (κ3) is 3.95. The normalized spacial score (nSPS) is 19.3. The summed E-state index contributed by atoms with van der Waals surface area (Å²) < 4.78 is 5.64. The van der Waals surface area contributed by atoms with Gasteiger partial charge in [0.15, 0.2) is 0 Å². The maximum atomic E-state index is 5.64. The minimum Gasteiger partial charge on any atom is -0.377 e. The molecule has 1 unspecified atom stereocenters. The van der Waals surface area contributed by atoms with E-state index in [2.05, 4.69) is 50.9 Å². The maximum absolute atomic E-state index is 5.64. The number of anilines is 1. The van der Waals surface area contributed by atoms with E-state index in [0.717, 1.165) is 44.2 Å². The number of pyridine rings is 1. The van der Waals surface area contributed by atoms with Gasteiger partial charge in [-0.05, 0) is 31.9 Å². The summed E-state index contributed by atoms with van der Waals surface area (Å²) in [7, 11) is 0. The minimum absolute atomic E-state index is 0.435. The van der Waals surface area contributed by atoms with Crippen molar-refractivity contribution in [3.05, 3.63) is 22.9 Å². The number of morpholine rings is 1. The van der Waals surface area contributed by atoms with Crippen LogP contribution in [-0.2, 0) is 11.3 Å². The van der Waals surface area contributed by atoms with Crippen molar-refractivity contribution in [1.29, 1.82) is 0 Å². The van der Waals surface area contributed by atoms with Crippen LogP contribution < -0.4 is 10.2 Å². The molecular formula is C17H29N3O. The number of hydrogen-bond donors (Lipinski definition) is 1. The number of hydrogen-bond acceptors (Lipinski definition) is 4. The summed E-state index contributed by atoms with van der Waals surface area (Å²) in [6.07, 6.45) is 1.09. The molecule has 1 aromatic rings. The lowest BCUT2D eigenvalue weighted by molar-refractivity contribution is 0.0924. The number of aromatic nitrogens is 1. The molecule has 4 nitrogen and oxygen atoms in total.